The molecule has 0 heterocycles. The molecule has 2 N–H and O–H groups in total. The van der Waals surface area contributed by atoms with Gasteiger partial charge in [0.2, 0.25) is 0 Å². The lowest BCUT2D eigenvalue weighted by Gasteiger charge is -2.10. The smallest absolute Gasteiger partial charge is 0.112 e. The van der Waals surface area contributed by atoms with Crippen LogP contribution in [0.1, 0.15) is 25.8 Å². The molecule has 0 aliphatic rings. The number of ether oxygens (including phenoxy) is 1. The van der Waals surface area contributed by atoms with Crippen LogP contribution in [0, 0.1) is 0 Å². The molecule has 0 aromatic heterocycles. The molecule has 1 aromatic carbocycles. The van der Waals surface area contributed by atoms with E-state index in [0.717, 1.165) is 12.0 Å². The van der Waals surface area contributed by atoms with Crippen molar-refractivity contribution in [1.82, 2.24) is 0 Å². The predicted molar refractivity (Wildman–Crippen MR) is 68.6 cm³/mol. The first-order chi connectivity index (χ1) is 7.65. The Hall–Kier alpha value is -1.54. The van der Waals surface area contributed by atoms with Gasteiger partial charge in [0, 0.05) is 0 Å². The van der Waals surface area contributed by atoms with Crippen molar-refractivity contribution in [2.24, 2.45) is 5.73 Å². The van der Waals surface area contributed by atoms with E-state index < -0.39 is 0 Å². The second-order valence-electron chi connectivity index (χ2n) is 3.74. The molecule has 0 radical (unpaired) electrons. The van der Waals surface area contributed by atoms with Gasteiger partial charge in [-0.25, -0.2) is 0 Å². The van der Waals surface area contributed by atoms with Crippen molar-refractivity contribution in [2.75, 3.05) is 0 Å². The third kappa shape index (κ3) is 3.55. The van der Waals surface area contributed by atoms with Gasteiger partial charge < -0.3 is 10.5 Å². The van der Waals surface area contributed by atoms with Crippen molar-refractivity contribution >= 4 is 5.57 Å². The average molecular weight is 217 g/mol. The summed E-state index contributed by atoms with van der Waals surface area (Å²) in [4.78, 5) is 0. The first kappa shape index (κ1) is 12.5. The fourth-order valence-corrected chi connectivity index (χ4v) is 1.26. The number of hydrogen-bond donors (Lipinski definition) is 1. The number of rotatable bonds is 5. The summed E-state index contributed by atoms with van der Waals surface area (Å²) in [6.07, 6.45) is 2.65. The Morgan fingerprint density at radius 2 is 2.06 bits per heavy atom. The van der Waals surface area contributed by atoms with E-state index in [2.05, 4.69) is 25.6 Å². The highest BCUT2D eigenvalue weighted by atomic mass is 16.5. The molecule has 0 aliphatic carbocycles. The Morgan fingerprint density at radius 1 is 1.44 bits per heavy atom. The van der Waals surface area contributed by atoms with Gasteiger partial charge in [0.05, 0.1) is 12.3 Å². The lowest BCUT2D eigenvalue weighted by Crippen LogP contribution is -2.17. The second-order valence-corrected chi connectivity index (χ2v) is 3.74. The Balaban J connectivity index is 2.76. The van der Waals surface area contributed by atoms with Gasteiger partial charge in [0.25, 0.3) is 0 Å². The molecule has 0 saturated heterocycles. The largest absolute Gasteiger partial charge is 0.468 e. The molecule has 86 valence electrons. The molecular formula is C14H19NO. The van der Waals surface area contributed by atoms with Crippen molar-refractivity contribution in [3.8, 4) is 0 Å². The summed E-state index contributed by atoms with van der Waals surface area (Å²) < 4.78 is 5.43. The number of nitrogens with two attached hydrogens (primary N) is 1. The normalized spacial score (nSPS) is 13.3. The minimum absolute atomic E-state index is 0.148. The molecule has 2 nitrogen and oxygen atoms in total. The Morgan fingerprint density at radius 3 is 2.56 bits per heavy atom. The van der Waals surface area contributed by atoms with Gasteiger partial charge in [-0.3, -0.25) is 0 Å². The van der Waals surface area contributed by atoms with Gasteiger partial charge in [-0.15, -0.1) is 0 Å². The van der Waals surface area contributed by atoms with Crippen molar-refractivity contribution in [1.29, 1.82) is 0 Å². The molecule has 1 atom stereocenters. The SMILES string of the molecule is C=C(O/C=C(\CC)c1ccccc1)C(C)N. The van der Waals surface area contributed by atoms with Crippen LogP contribution < -0.4 is 5.73 Å². The minimum Gasteiger partial charge on any atom is -0.468 e. The van der Waals surface area contributed by atoms with Crippen molar-refractivity contribution in [3.05, 3.63) is 54.5 Å². The van der Waals surface area contributed by atoms with Crippen LogP contribution in [-0.4, -0.2) is 6.04 Å². The Kier molecular flexibility index (Phi) is 4.80. The highest BCUT2D eigenvalue weighted by Gasteiger charge is 2.02. The second kappa shape index (κ2) is 6.13. The molecule has 0 bridgehead atoms. The predicted octanol–water partition coefficient (Wildman–Crippen LogP) is 3.32. The van der Waals surface area contributed by atoms with Crippen LogP contribution in [0.25, 0.3) is 5.57 Å². The lowest BCUT2D eigenvalue weighted by atomic mass is 10.1. The van der Waals surface area contributed by atoms with E-state index >= 15 is 0 Å². The summed E-state index contributed by atoms with van der Waals surface area (Å²) in [7, 11) is 0. The Bertz CT molecular complexity index is 366. The molecule has 1 unspecified atom stereocenters. The van der Waals surface area contributed by atoms with Gasteiger partial charge in [-0.2, -0.15) is 0 Å². The van der Waals surface area contributed by atoms with Gasteiger partial charge in [0.1, 0.15) is 5.76 Å². The van der Waals surface area contributed by atoms with E-state index in [9.17, 15) is 0 Å². The van der Waals surface area contributed by atoms with E-state index in [0.29, 0.717) is 5.76 Å². The third-order valence-corrected chi connectivity index (χ3v) is 2.39. The fourth-order valence-electron chi connectivity index (χ4n) is 1.26. The maximum absolute atomic E-state index is 5.65. The molecule has 16 heavy (non-hydrogen) atoms. The van der Waals surface area contributed by atoms with Crippen LogP contribution in [0.15, 0.2) is 48.9 Å². The van der Waals surface area contributed by atoms with E-state index in [1.165, 1.54) is 5.56 Å². The minimum atomic E-state index is -0.148. The zero-order chi connectivity index (χ0) is 12.0. The summed E-state index contributed by atoms with van der Waals surface area (Å²) in [6, 6.07) is 10.0. The lowest BCUT2D eigenvalue weighted by molar-refractivity contribution is 0.326. The molecule has 0 fully saturated rings. The quantitative estimate of drug-likeness (QED) is 0.768. The van der Waals surface area contributed by atoms with Gasteiger partial charge in [-0.05, 0) is 24.5 Å². The molecule has 0 saturated carbocycles. The standard InChI is InChI=1S/C14H19NO/c1-4-13(10-16-12(3)11(2)15)14-8-6-5-7-9-14/h5-11H,3-4,15H2,1-2H3/b13-10+. The van der Waals surface area contributed by atoms with E-state index in [4.69, 9.17) is 10.5 Å². The monoisotopic (exact) mass is 217 g/mol. The van der Waals surface area contributed by atoms with Gasteiger partial charge in [-0.1, -0.05) is 43.8 Å². The topological polar surface area (TPSA) is 35.2 Å². The molecule has 1 rings (SSSR count). The highest BCUT2D eigenvalue weighted by molar-refractivity contribution is 5.64. The zero-order valence-corrected chi connectivity index (χ0v) is 9.94. The first-order valence-corrected chi connectivity index (χ1v) is 5.50. The fraction of sp³-hybridized carbons (Fsp3) is 0.286. The Labute approximate surface area is 97.4 Å². The maximum atomic E-state index is 5.65. The van der Waals surface area contributed by atoms with E-state index in [-0.39, 0.29) is 6.04 Å². The number of hydrogen-bond acceptors (Lipinski definition) is 2. The molecule has 0 amide bonds. The van der Waals surface area contributed by atoms with Gasteiger partial charge in [0.15, 0.2) is 0 Å². The number of benzene rings is 1. The summed E-state index contributed by atoms with van der Waals surface area (Å²) in [5, 5.41) is 0. The third-order valence-electron chi connectivity index (χ3n) is 2.39. The van der Waals surface area contributed by atoms with Crippen LogP contribution in [0.2, 0.25) is 0 Å². The number of allylic oxidation sites excluding steroid dienone is 1. The van der Waals surface area contributed by atoms with Crippen LogP contribution in [0.5, 0.6) is 0 Å². The first-order valence-electron chi connectivity index (χ1n) is 5.50. The summed E-state index contributed by atoms with van der Waals surface area (Å²) in [5.41, 5.74) is 7.96. The van der Waals surface area contributed by atoms with Crippen LogP contribution in [0.3, 0.4) is 0 Å². The summed E-state index contributed by atoms with van der Waals surface area (Å²) in [5.74, 6) is 0.585. The van der Waals surface area contributed by atoms with Crippen molar-refractivity contribution < 1.29 is 4.74 Å². The summed E-state index contributed by atoms with van der Waals surface area (Å²) in [6.45, 7) is 7.71. The average Bonchev–Trinajstić information content (AvgIpc) is 2.30. The molecule has 0 aliphatic heterocycles. The zero-order valence-electron chi connectivity index (χ0n) is 9.94. The van der Waals surface area contributed by atoms with Crippen molar-refractivity contribution in [3.63, 3.8) is 0 Å². The van der Waals surface area contributed by atoms with E-state index in [1.54, 1.807) is 6.26 Å². The molecule has 0 spiro atoms. The van der Waals surface area contributed by atoms with E-state index in [1.807, 2.05) is 25.1 Å². The van der Waals surface area contributed by atoms with Gasteiger partial charge >= 0.3 is 0 Å². The molecule has 1 aromatic rings. The van der Waals surface area contributed by atoms with Crippen LogP contribution >= 0.6 is 0 Å². The van der Waals surface area contributed by atoms with Crippen molar-refractivity contribution in [2.45, 2.75) is 26.3 Å². The summed E-state index contributed by atoms with van der Waals surface area (Å²) >= 11 is 0. The van der Waals surface area contributed by atoms with Crippen LogP contribution in [-0.2, 0) is 4.74 Å². The maximum Gasteiger partial charge on any atom is 0.112 e. The highest BCUT2D eigenvalue weighted by Crippen LogP contribution is 2.18. The molecular weight excluding hydrogens is 198 g/mol. The molecule has 2 heteroatoms. The van der Waals surface area contributed by atoms with Crippen LogP contribution in [0.4, 0.5) is 0 Å².